The van der Waals surface area contributed by atoms with Gasteiger partial charge >= 0.3 is 5.97 Å². The first kappa shape index (κ1) is 35.3. The number of carboxylic acids is 1. The Morgan fingerprint density at radius 2 is 1.07 bits per heavy atom. The van der Waals surface area contributed by atoms with Crippen molar-refractivity contribution in [1.82, 2.24) is 20.5 Å². The molecule has 0 bridgehead atoms. The number of rotatable bonds is 6. The number of hydrogen-bond donors (Lipinski definition) is 2. The molecular formula is C36H35ClN4O5. The highest BCUT2D eigenvalue weighted by Gasteiger charge is 2.17. The van der Waals surface area contributed by atoms with Crippen LogP contribution in [0.25, 0.3) is 44.3 Å². The van der Waals surface area contributed by atoms with Crippen LogP contribution in [-0.4, -0.2) is 60.3 Å². The van der Waals surface area contributed by atoms with Gasteiger partial charge < -0.3 is 9.94 Å². The zero-order chi connectivity index (χ0) is 32.2. The van der Waals surface area contributed by atoms with Crippen LogP contribution in [-0.2, 0) is 9.68 Å². The fourth-order valence-electron chi connectivity index (χ4n) is 4.47. The van der Waals surface area contributed by atoms with Crippen molar-refractivity contribution in [3.63, 3.8) is 0 Å². The molecule has 0 aliphatic rings. The summed E-state index contributed by atoms with van der Waals surface area (Å²) >= 11 is 0. The first-order valence-corrected chi connectivity index (χ1v) is 14.0. The minimum absolute atomic E-state index is 0. The Morgan fingerprint density at radius 3 is 1.48 bits per heavy atom. The van der Waals surface area contributed by atoms with Crippen molar-refractivity contribution in [2.24, 2.45) is 0 Å². The molecule has 2 aromatic heterocycles. The third kappa shape index (κ3) is 8.71. The van der Waals surface area contributed by atoms with Gasteiger partial charge in [-0.2, -0.15) is 0 Å². The first-order chi connectivity index (χ1) is 21.9. The molecule has 1 amide bonds. The Hall–Kier alpha value is -5.19. The Morgan fingerprint density at radius 1 is 0.674 bits per heavy atom. The van der Waals surface area contributed by atoms with Crippen LogP contribution in [0.3, 0.4) is 0 Å². The van der Waals surface area contributed by atoms with E-state index in [2.05, 4.69) is 20.3 Å². The van der Waals surface area contributed by atoms with E-state index in [0.717, 1.165) is 27.7 Å². The molecule has 2 N–H and O–H groups in total. The Balaban J connectivity index is 0.000000222. The zero-order valence-corrected chi connectivity index (χ0v) is 26.7. The molecule has 0 saturated carbocycles. The van der Waals surface area contributed by atoms with E-state index >= 15 is 0 Å². The van der Waals surface area contributed by atoms with Gasteiger partial charge in [0.05, 0.1) is 47.8 Å². The number of carbonyl (C=O) groups is 2. The highest BCUT2D eigenvalue weighted by Crippen LogP contribution is 2.26. The molecule has 46 heavy (non-hydrogen) atoms. The number of pyridine rings is 2. The van der Waals surface area contributed by atoms with Crippen molar-refractivity contribution in [2.45, 2.75) is 0 Å². The van der Waals surface area contributed by atoms with Crippen LogP contribution in [0.4, 0.5) is 0 Å². The van der Waals surface area contributed by atoms with Crippen LogP contribution in [0.15, 0.2) is 121 Å². The van der Waals surface area contributed by atoms with Crippen molar-refractivity contribution in [3.8, 4) is 22.5 Å². The smallest absolute Gasteiger partial charge is 0.336 e. The van der Waals surface area contributed by atoms with Gasteiger partial charge in [0.25, 0.3) is 5.91 Å². The number of aromatic carboxylic acids is 1. The number of fused-ring (bicyclic) bond motifs is 2. The predicted octanol–water partition coefficient (Wildman–Crippen LogP) is 7.32. The van der Waals surface area contributed by atoms with E-state index in [4.69, 9.17) is 4.84 Å². The van der Waals surface area contributed by atoms with Gasteiger partial charge in [-0.1, -0.05) is 97.1 Å². The second-order valence-electron chi connectivity index (χ2n) is 9.58. The van der Waals surface area contributed by atoms with Crippen molar-refractivity contribution in [3.05, 3.63) is 132 Å². The number of hydrogen-bond acceptors (Lipinski definition) is 7. The maximum Gasteiger partial charge on any atom is 0.336 e. The summed E-state index contributed by atoms with van der Waals surface area (Å²) in [4.78, 5) is 42.4. The lowest BCUT2D eigenvalue weighted by atomic mass is 10.0. The fourth-order valence-corrected chi connectivity index (χ4v) is 4.47. The minimum Gasteiger partial charge on any atom is -0.478 e. The lowest BCUT2D eigenvalue weighted by Crippen LogP contribution is -2.25. The summed E-state index contributed by atoms with van der Waals surface area (Å²) in [7, 11) is 6.35. The second kappa shape index (κ2) is 17.3. The molecule has 0 aliphatic carbocycles. The average molecular weight is 639 g/mol. The Bertz CT molecular complexity index is 1890. The predicted molar refractivity (Wildman–Crippen MR) is 184 cm³/mol. The summed E-state index contributed by atoms with van der Waals surface area (Å²) < 4.78 is 0. The topological polar surface area (TPSA) is 114 Å². The van der Waals surface area contributed by atoms with Gasteiger partial charge in [0.1, 0.15) is 0 Å². The molecule has 0 atom stereocenters. The largest absolute Gasteiger partial charge is 0.478 e. The van der Waals surface area contributed by atoms with E-state index < -0.39 is 5.97 Å². The number of hydroxylamine groups is 3. The quantitative estimate of drug-likeness (QED) is 0.182. The maximum atomic E-state index is 12.5. The Labute approximate surface area is 273 Å². The number of benzene rings is 4. The van der Waals surface area contributed by atoms with Gasteiger partial charge in [0.15, 0.2) is 0 Å². The van der Waals surface area contributed by atoms with Gasteiger partial charge in [0.2, 0.25) is 0 Å². The third-order valence-electron chi connectivity index (χ3n) is 6.80. The molecule has 4 aromatic carbocycles. The van der Waals surface area contributed by atoms with E-state index in [9.17, 15) is 14.7 Å². The maximum absolute atomic E-state index is 12.5. The number of para-hydroxylation sites is 2. The highest BCUT2D eigenvalue weighted by atomic mass is 35.5. The van der Waals surface area contributed by atoms with E-state index in [1.807, 2.05) is 109 Å². The second-order valence-corrected chi connectivity index (χ2v) is 9.58. The average Bonchev–Trinajstić information content (AvgIpc) is 3.11. The van der Waals surface area contributed by atoms with E-state index in [1.165, 1.54) is 12.2 Å². The molecule has 10 heteroatoms. The SMILES string of the molecule is CNOC.CON(C)C(=O)c1cc(-c2ccccc2)nc2ccccc12.Cl.O=C(O)c1cc(-c2ccccc2)nc2ccccc12. The summed E-state index contributed by atoms with van der Waals surface area (Å²) in [5, 5.41) is 12.0. The molecule has 6 rings (SSSR count). The van der Waals surface area contributed by atoms with Crippen LogP contribution in [0.1, 0.15) is 20.7 Å². The van der Waals surface area contributed by atoms with Crippen LogP contribution in [0.5, 0.6) is 0 Å². The van der Waals surface area contributed by atoms with Crippen molar-refractivity contribution in [1.29, 1.82) is 0 Å². The lowest BCUT2D eigenvalue weighted by molar-refractivity contribution is -0.0755. The van der Waals surface area contributed by atoms with E-state index in [-0.39, 0.29) is 23.9 Å². The van der Waals surface area contributed by atoms with Crippen molar-refractivity contribution in [2.75, 3.05) is 28.3 Å². The fraction of sp³-hybridized carbons (Fsp3) is 0.111. The third-order valence-corrected chi connectivity index (χ3v) is 6.80. The summed E-state index contributed by atoms with van der Waals surface area (Å²) in [6.45, 7) is 0. The first-order valence-electron chi connectivity index (χ1n) is 14.0. The molecule has 0 aliphatic heterocycles. The highest BCUT2D eigenvalue weighted by molar-refractivity contribution is 6.07. The molecule has 0 unspecified atom stereocenters. The standard InChI is InChI=1S/C18H16N2O2.C16H11NO2.C2H7NO.ClH/c1-20(22-2)18(21)15-12-17(13-8-4-3-5-9-13)19-16-11-7-6-10-14(15)16;18-16(19)13-10-15(11-6-2-1-3-7-11)17-14-9-5-4-8-12(13)14;1-3-4-2;/h3-12H,1-2H3;1-10H,(H,18,19);3H,1-2H3;1H. The number of aromatic nitrogens is 2. The van der Waals surface area contributed by atoms with E-state index in [1.54, 1.807) is 33.3 Å². The molecule has 0 spiro atoms. The number of halogens is 1. The molecule has 2 heterocycles. The number of carbonyl (C=O) groups excluding carboxylic acids is 1. The molecule has 0 saturated heterocycles. The van der Waals surface area contributed by atoms with Crippen molar-refractivity contribution < 1.29 is 24.4 Å². The zero-order valence-electron chi connectivity index (χ0n) is 25.9. The summed E-state index contributed by atoms with van der Waals surface area (Å²) in [5.41, 5.74) is 8.11. The number of nitrogens with one attached hydrogen (secondary N) is 1. The summed E-state index contributed by atoms with van der Waals surface area (Å²) in [6, 6.07) is 37.7. The van der Waals surface area contributed by atoms with Crippen molar-refractivity contribution >= 4 is 46.1 Å². The molecular weight excluding hydrogens is 604 g/mol. The van der Waals surface area contributed by atoms with Crippen LogP contribution < -0.4 is 5.48 Å². The van der Waals surface area contributed by atoms with Crippen LogP contribution >= 0.6 is 12.4 Å². The van der Waals surface area contributed by atoms with Crippen LogP contribution in [0, 0.1) is 0 Å². The number of carboxylic acid groups (broad SMARTS) is 1. The monoisotopic (exact) mass is 638 g/mol. The van der Waals surface area contributed by atoms with Gasteiger partial charge in [0, 0.05) is 36.0 Å². The summed E-state index contributed by atoms with van der Waals surface area (Å²) in [5.74, 6) is -1.13. The van der Waals surface area contributed by atoms with Gasteiger partial charge in [-0.05, 0) is 24.3 Å². The van der Waals surface area contributed by atoms with Gasteiger partial charge in [-0.25, -0.2) is 25.3 Å². The van der Waals surface area contributed by atoms with E-state index in [0.29, 0.717) is 22.2 Å². The molecule has 0 fully saturated rings. The molecule has 9 nitrogen and oxygen atoms in total. The normalized spacial score (nSPS) is 10.1. The number of nitrogens with zero attached hydrogens (tertiary/aromatic N) is 3. The molecule has 236 valence electrons. The minimum atomic E-state index is -0.934. The van der Waals surface area contributed by atoms with Gasteiger partial charge in [-0.3, -0.25) is 9.63 Å². The Kier molecular flexibility index (Phi) is 13.3. The van der Waals surface area contributed by atoms with Crippen LogP contribution in [0.2, 0.25) is 0 Å². The summed E-state index contributed by atoms with van der Waals surface area (Å²) in [6.07, 6.45) is 0. The van der Waals surface area contributed by atoms with Gasteiger partial charge in [-0.15, -0.1) is 12.4 Å². The molecule has 6 aromatic rings. The lowest BCUT2D eigenvalue weighted by Gasteiger charge is -2.16. The number of amides is 1. The molecule has 0 radical (unpaired) electrons.